The maximum atomic E-state index is 12.1. The lowest BCUT2D eigenvalue weighted by Gasteiger charge is -2.18. The molecule has 0 aliphatic carbocycles. The molecule has 0 atom stereocenters. The molecule has 86 valence electrons. The van der Waals surface area contributed by atoms with Crippen LogP contribution in [0.25, 0.3) is 0 Å². The fourth-order valence-electron chi connectivity index (χ4n) is 1.33. The highest BCUT2D eigenvalue weighted by Crippen LogP contribution is 2.14. The SMILES string of the molecule is CCc1nnsc1C(=O)N(CC)CCC#N. The van der Waals surface area contributed by atoms with Gasteiger partial charge in [-0.2, -0.15) is 5.26 Å². The molecule has 1 aromatic heterocycles. The number of carbonyl (C=O) groups excluding carboxylic acids is 1. The molecule has 1 heterocycles. The van der Waals surface area contributed by atoms with E-state index in [0.717, 1.165) is 17.2 Å². The lowest BCUT2D eigenvalue weighted by molar-refractivity contribution is 0.0771. The Kier molecular flexibility index (Phi) is 4.86. The minimum Gasteiger partial charge on any atom is -0.337 e. The Balaban J connectivity index is 2.79. The molecular weight excluding hydrogens is 224 g/mol. The van der Waals surface area contributed by atoms with Gasteiger partial charge in [0.1, 0.15) is 4.88 Å². The van der Waals surface area contributed by atoms with Crippen LogP contribution in [-0.4, -0.2) is 33.5 Å². The van der Waals surface area contributed by atoms with E-state index >= 15 is 0 Å². The second kappa shape index (κ2) is 6.18. The highest BCUT2D eigenvalue weighted by Gasteiger charge is 2.20. The first kappa shape index (κ1) is 12.6. The summed E-state index contributed by atoms with van der Waals surface area (Å²) in [7, 11) is 0. The number of aryl methyl sites for hydroxylation is 1. The summed E-state index contributed by atoms with van der Waals surface area (Å²) >= 11 is 1.12. The van der Waals surface area contributed by atoms with Crippen molar-refractivity contribution in [3.8, 4) is 6.07 Å². The van der Waals surface area contributed by atoms with Gasteiger partial charge in [-0.25, -0.2) is 0 Å². The van der Waals surface area contributed by atoms with Crippen molar-refractivity contribution in [2.24, 2.45) is 0 Å². The molecule has 0 radical (unpaired) electrons. The van der Waals surface area contributed by atoms with Crippen molar-refractivity contribution in [1.82, 2.24) is 14.5 Å². The summed E-state index contributed by atoms with van der Waals surface area (Å²) in [6.45, 7) is 4.91. The highest BCUT2D eigenvalue weighted by atomic mass is 32.1. The van der Waals surface area contributed by atoms with Gasteiger partial charge in [0.25, 0.3) is 5.91 Å². The predicted molar refractivity (Wildman–Crippen MR) is 61.1 cm³/mol. The summed E-state index contributed by atoms with van der Waals surface area (Å²) in [6, 6.07) is 2.04. The molecule has 1 aromatic rings. The zero-order valence-electron chi connectivity index (χ0n) is 9.43. The third-order valence-corrected chi connectivity index (χ3v) is 3.00. The number of aromatic nitrogens is 2. The Bertz CT molecular complexity index is 396. The van der Waals surface area contributed by atoms with Crippen LogP contribution in [0.4, 0.5) is 0 Å². The van der Waals surface area contributed by atoms with Crippen molar-refractivity contribution in [3.63, 3.8) is 0 Å². The molecule has 5 nitrogen and oxygen atoms in total. The van der Waals surface area contributed by atoms with Gasteiger partial charge in [0.2, 0.25) is 0 Å². The van der Waals surface area contributed by atoms with Crippen molar-refractivity contribution >= 4 is 17.4 Å². The van der Waals surface area contributed by atoms with Crippen molar-refractivity contribution in [1.29, 1.82) is 5.26 Å². The molecule has 0 aliphatic heterocycles. The van der Waals surface area contributed by atoms with Crippen LogP contribution in [0.15, 0.2) is 0 Å². The summed E-state index contributed by atoms with van der Waals surface area (Å²) in [6.07, 6.45) is 1.06. The van der Waals surface area contributed by atoms with Crippen LogP contribution < -0.4 is 0 Å². The monoisotopic (exact) mass is 238 g/mol. The maximum Gasteiger partial charge on any atom is 0.267 e. The third kappa shape index (κ3) is 2.76. The van der Waals surface area contributed by atoms with Gasteiger partial charge in [-0.1, -0.05) is 11.4 Å². The van der Waals surface area contributed by atoms with Gasteiger partial charge in [0.05, 0.1) is 18.2 Å². The molecule has 0 spiro atoms. The fraction of sp³-hybridized carbons (Fsp3) is 0.600. The van der Waals surface area contributed by atoms with Gasteiger partial charge < -0.3 is 4.90 Å². The smallest absolute Gasteiger partial charge is 0.267 e. The lowest BCUT2D eigenvalue weighted by Crippen LogP contribution is -2.31. The van der Waals surface area contributed by atoms with E-state index in [1.165, 1.54) is 0 Å². The Hall–Kier alpha value is -1.48. The number of nitrogens with zero attached hydrogens (tertiary/aromatic N) is 4. The minimum absolute atomic E-state index is 0.0652. The maximum absolute atomic E-state index is 12.1. The van der Waals surface area contributed by atoms with E-state index in [0.29, 0.717) is 30.8 Å². The van der Waals surface area contributed by atoms with Crippen LogP contribution in [0.1, 0.15) is 35.6 Å². The van der Waals surface area contributed by atoms with Crippen LogP contribution in [0.5, 0.6) is 0 Å². The lowest BCUT2D eigenvalue weighted by atomic mass is 10.2. The molecule has 0 N–H and O–H groups in total. The molecule has 6 heteroatoms. The Morgan fingerprint density at radius 3 is 2.88 bits per heavy atom. The van der Waals surface area contributed by atoms with Crippen LogP contribution in [0.2, 0.25) is 0 Å². The molecule has 0 fully saturated rings. The Morgan fingerprint density at radius 2 is 2.31 bits per heavy atom. The van der Waals surface area contributed by atoms with Crippen LogP contribution >= 0.6 is 11.5 Å². The molecule has 0 unspecified atom stereocenters. The molecule has 1 rings (SSSR count). The molecule has 0 saturated carbocycles. The van der Waals surface area contributed by atoms with E-state index in [-0.39, 0.29) is 5.91 Å². The second-order valence-electron chi connectivity index (χ2n) is 3.20. The van der Waals surface area contributed by atoms with Crippen molar-refractivity contribution in [3.05, 3.63) is 10.6 Å². The molecule has 0 bridgehead atoms. The summed E-state index contributed by atoms with van der Waals surface area (Å²) < 4.78 is 3.79. The standard InChI is InChI=1S/C10H14N4OS/c1-3-8-9(16-13-12-8)10(15)14(4-2)7-5-6-11/h3-5,7H2,1-2H3. The largest absolute Gasteiger partial charge is 0.337 e. The Morgan fingerprint density at radius 1 is 1.56 bits per heavy atom. The topological polar surface area (TPSA) is 69.9 Å². The average molecular weight is 238 g/mol. The molecule has 1 amide bonds. The molecule has 0 saturated heterocycles. The zero-order chi connectivity index (χ0) is 12.0. The van der Waals surface area contributed by atoms with Crippen LogP contribution in [-0.2, 0) is 6.42 Å². The number of amides is 1. The first-order chi connectivity index (χ1) is 7.74. The van der Waals surface area contributed by atoms with E-state index in [1.54, 1.807) is 4.90 Å². The van der Waals surface area contributed by atoms with Crippen molar-refractivity contribution in [2.45, 2.75) is 26.7 Å². The van der Waals surface area contributed by atoms with Gasteiger partial charge in [-0.3, -0.25) is 4.79 Å². The van der Waals surface area contributed by atoms with Gasteiger partial charge in [0, 0.05) is 13.1 Å². The van der Waals surface area contributed by atoms with Gasteiger partial charge in [-0.05, 0) is 24.9 Å². The highest BCUT2D eigenvalue weighted by molar-refractivity contribution is 7.07. The average Bonchev–Trinajstić information content (AvgIpc) is 2.77. The summed E-state index contributed by atoms with van der Waals surface area (Å²) in [4.78, 5) is 14.3. The van der Waals surface area contributed by atoms with E-state index in [9.17, 15) is 4.79 Å². The third-order valence-electron chi connectivity index (χ3n) is 2.25. The summed E-state index contributed by atoms with van der Waals surface area (Å²) in [5, 5.41) is 12.4. The van der Waals surface area contributed by atoms with E-state index < -0.39 is 0 Å². The van der Waals surface area contributed by atoms with Crippen molar-refractivity contribution in [2.75, 3.05) is 13.1 Å². The van der Waals surface area contributed by atoms with Gasteiger partial charge in [0.15, 0.2) is 0 Å². The summed E-state index contributed by atoms with van der Waals surface area (Å²) in [5.41, 5.74) is 0.741. The van der Waals surface area contributed by atoms with E-state index in [1.807, 2.05) is 19.9 Å². The van der Waals surface area contributed by atoms with E-state index in [4.69, 9.17) is 5.26 Å². The minimum atomic E-state index is -0.0652. The quantitative estimate of drug-likeness (QED) is 0.779. The first-order valence-corrected chi connectivity index (χ1v) is 5.99. The number of rotatable bonds is 5. The van der Waals surface area contributed by atoms with Crippen LogP contribution in [0.3, 0.4) is 0 Å². The van der Waals surface area contributed by atoms with Gasteiger partial charge in [-0.15, -0.1) is 5.10 Å². The van der Waals surface area contributed by atoms with Crippen molar-refractivity contribution < 1.29 is 4.79 Å². The zero-order valence-corrected chi connectivity index (χ0v) is 10.3. The van der Waals surface area contributed by atoms with Gasteiger partial charge >= 0.3 is 0 Å². The number of carbonyl (C=O) groups is 1. The molecule has 16 heavy (non-hydrogen) atoms. The first-order valence-electron chi connectivity index (χ1n) is 5.22. The number of hydrogen-bond donors (Lipinski definition) is 0. The summed E-state index contributed by atoms with van der Waals surface area (Å²) in [5.74, 6) is -0.0652. The molecule has 0 aliphatic rings. The normalized spacial score (nSPS) is 9.81. The number of nitriles is 1. The van der Waals surface area contributed by atoms with E-state index in [2.05, 4.69) is 9.59 Å². The molecule has 0 aromatic carbocycles. The Labute approximate surface area is 98.9 Å². The number of hydrogen-bond acceptors (Lipinski definition) is 5. The van der Waals surface area contributed by atoms with Crippen LogP contribution in [0, 0.1) is 11.3 Å². The predicted octanol–water partition coefficient (Wildman–Crippen LogP) is 1.48. The fourth-order valence-corrected chi connectivity index (χ4v) is 2.05. The molecular formula is C10H14N4OS. The second-order valence-corrected chi connectivity index (χ2v) is 3.95.